The molecule has 1 rings (SSSR count). The maximum atomic E-state index is 12.3. The summed E-state index contributed by atoms with van der Waals surface area (Å²) in [6.07, 6.45) is -2.44. The molecular weight excluding hydrogens is 228 g/mol. The summed E-state index contributed by atoms with van der Waals surface area (Å²) in [5.41, 5.74) is 7.37. The average Bonchev–Trinajstić information content (AvgIpc) is 2.26. The van der Waals surface area contributed by atoms with Gasteiger partial charge in [0, 0.05) is 18.3 Å². The van der Waals surface area contributed by atoms with Gasteiger partial charge in [-0.25, -0.2) is 8.78 Å². The Balaban J connectivity index is 3.14. The molecule has 1 aromatic rings. The third-order valence-corrected chi connectivity index (χ3v) is 2.36. The van der Waals surface area contributed by atoms with Crippen molar-refractivity contribution in [3.05, 3.63) is 29.3 Å². The zero-order valence-electron chi connectivity index (χ0n) is 9.69. The Morgan fingerprint density at radius 2 is 2.18 bits per heavy atom. The summed E-state index contributed by atoms with van der Waals surface area (Å²) in [5.74, 6) is -0.0928. The van der Waals surface area contributed by atoms with E-state index in [0.717, 1.165) is 5.56 Å². The predicted octanol–water partition coefficient (Wildman–Crippen LogP) is 1.79. The van der Waals surface area contributed by atoms with Gasteiger partial charge in [-0.05, 0) is 19.1 Å². The molecule has 17 heavy (non-hydrogen) atoms. The zero-order chi connectivity index (χ0) is 13.0. The second-order valence-electron chi connectivity index (χ2n) is 3.78. The SMILES string of the molecule is Cc1ccc(N(C)CC(F)F)c(/C(N)=N/O)c1. The summed E-state index contributed by atoms with van der Waals surface area (Å²) in [5, 5.41) is 11.6. The first-order chi connectivity index (χ1) is 7.95. The van der Waals surface area contributed by atoms with Gasteiger partial charge in [-0.15, -0.1) is 0 Å². The lowest BCUT2D eigenvalue weighted by molar-refractivity contribution is 0.156. The minimum absolute atomic E-state index is 0.0928. The van der Waals surface area contributed by atoms with Crippen LogP contribution >= 0.6 is 0 Å². The molecule has 0 saturated heterocycles. The molecule has 0 spiro atoms. The van der Waals surface area contributed by atoms with Crippen molar-refractivity contribution in [1.82, 2.24) is 0 Å². The van der Waals surface area contributed by atoms with Crippen molar-refractivity contribution < 1.29 is 14.0 Å². The van der Waals surface area contributed by atoms with Crippen LogP contribution in [-0.4, -0.2) is 31.1 Å². The van der Waals surface area contributed by atoms with E-state index in [-0.39, 0.29) is 5.84 Å². The number of halogens is 2. The van der Waals surface area contributed by atoms with E-state index < -0.39 is 13.0 Å². The standard InChI is InChI=1S/C11H15F2N3O/c1-7-3-4-9(16(2)6-10(12)13)8(5-7)11(14)15-17/h3-5,10,17H,6H2,1-2H3,(H2,14,15). The van der Waals surface area contributed by atoms with Crippen LogP contribution in [0, 0.1) is 6.92 Å². The van der Waals surface area contributed by atoms with E-state index in [0.29, 0.717) is 11.3 Å². The fourth-order valence-electron chi connectivity index (χ4n) is 1.55. The highest BCUT2D eigenvalue weighted by molar-refractivity contribution is 6.02. The maximum absolute atomic E-state index is 12.3. The van der Waals surface area contributed by atoms with Crippen LogP contribution in [0.3, 0.4) is 0 Å². The Morgan fingerprint density at radius 3 is 2.71 bits per heavy atom. The molecule has 0 aliphatic heterocycles. The Hall–Kier alpha value is -1.85. The number of oxime groups is 1. The first-order valence-electron chi connectivity index (χ1n) is 5.03. The van der Waals surface area contributed by atoms with E-state index in [2.05, 4.69) is 5.16 Å². The summed E-state index contributed by atoms with van der Waals surface area (Å²) in [4.78, 5) is 1.37. The first-order valence-corrected chi connectivity index (χ1v) is 5.03. The molecule has 0 aliphatic carbocycles. The average molecular weight is 243 g/mol. The molecule has 0 radical (unpaired) electrons. The van der Waals surface area contributed by atoms with Crippen molar-refractivity contribution >= 4 is 11.5 Å². The van der Waals surface area contributed by atoms with Crippen molar-refractivity contribution in [1.29, 1.82) is 0 Å². The molecule has 0 fully saturated rings. The molecule has 94 valence electrons. The first kappa shape index (κ1) is 13.2. The third kappa shape index (κ3) is 3.30. The Kier molecular flexibility index (Phi) is 4.25. The van der Waals surface area contributed by atoms with E-state index in [1.54, 1.807) is 18.2 Å². The van der Waals surface area contributed by atoms with Crippen LogP contribution in [0.2, 0.25) is 0 Å². The molecule has 0 heterocycles. The molecule has 0 unspecified atom stereocenters. The van der Waals surface area contributed by atoms with Crippen molar-refractivity contribution in [2.75, 3.05) is 18.5 Å². The minimum Gasteiger partial charge on any atom is -0.409 e. The van der Waals surface area contributed by atoms with E-state index in [4.69, 9.17) is 10.9 Å². The van der Waals surface area contributed by atoms with E-state index in [1.165, 1.54) is 11.9 Å². The molecule has 4 nitrogen and oxygen atoms in total. The number of rotatable bonds is 4. The number of nitrogens with two attached hydrogens (primary N) is 1. The van der Waals surface area contributed by atoms with Gasteiger partial charge in [0.1, 0.15) is 0 Å². The Bertz CT molecular complexity index is 421. The predicted molar refractivity (Wildman–Crippen MR) is 63.0 cm³/mol. The fourth-order valence-corrected chi connectivity index (χ4v) is 1.55. The number of anilines is 1. The molecule has 0 amide bonds. The van der Waals surface area contributed by atoms with E-state index in [1.807, 2.05) is 6.92 Å². The van der Waals surface area contributed by atoms with Crippen molar-refractivity contribution in [2.45, 2.75) is 13.3 Å². The quantitative estimate of drug-likeness (QED) is 0.367. The molecule has 6 heteroatoms. The van der Waals surface area contributed by atoms with Gasteiger partial charge < -0.3 is 15.8 Å². The van der Waals surface area contributed by atoms with E-state index >= 15 is 0 Å². The molecule has 0 bridgehead atoms. The van der Waals surface area contributed by atoms with Crippen molar-refractivity contribution in [2.24, 2.45) is 10.9 Å². The molecule has 3 N–H and O–H groups in total. The summed E-state index contributed by atoms with van der Waals surface area (Å²) < 4.78 is 24.6. The molecule has 0 aliphatic rings. The summed E-state index contributed by atoms with van der Waals surface area (Å²) in [7, 11) is 1.53. The molecule has 0 atom stereocenters. The highest BCUT2D eigenvalue weighted by atomic mass is 19.3. The number of alkyl halides is 2. The maximum Gasteiger partial charge on any atom is 0.255 e. The smallest absolute Gasteiger partial charge is 0.255 e. The minimum atomic E-state index is -2.44. The number of hydrogen-bond donors (Lipinski definition) is 2. The highest BCUT2D eigenvalue weighted by Crippen LogP contribution is 2.21. The molecular formula is C11H15F2N3O. The van der Waals surface area contributed by atoms with Crippen LogP contribution in [0.4, 0.5) is 14.5 Å². The van der Waals surface area contributed by atoms with Crippen LogP contribution in [0.15, 0.2) is 23.4 Å². The lowest BCUT2D eigenvalue weighted by atomic mass is 10.1. The number of amidine groups is 1. The second-order valence-corrected chi connectivity index (χ2v) is 3.78. The number of aryl methyl sites for hydroxylation is 1. The summed E-state index contributed by atoms with van der Waals surface area (Å²) in [6.45, 7) is 1.43. The van der Waals surface area contributed by atoms with Crippen LogP contribution in [0.1, 0.15) is 11.1 Å². The topological polar surface area (TPSA) is 61.8 Å². The molecule has 1 aromatic carbocycles. The van der Waals surface area contributed by atoms with E-state index in [9.17, 15) is 8.78 Å². The largest absolute Gasteiger partial charge is 0.409 e. The fraction of sp³-hybridized carbons (Fsp3) is 0.364. The van der Waals surface area contributed by atoms with Crippen LogP contribution in [0.25, 0.3) is 0 Å². The Morgan fingerprint density at radius 1 is 1.53 bits per heavy atom. The summed E-state index contributed by atoms with van der Waals surface area (Å²) >= 11 is 0. The monoisotopic (exact) mass is 243 g/mol. The van der Waals surface area contributed by atoms with Crippen LogP contribution < -0.4 is 10.6 Å². The highest BCUT2D eigenvalue weighted by Gasteiger charge is 2.14. The van der Waals surface area contributed by atoms with Gasteiger partial charge in [-0.2, -0.15) is 0 Å². The number of benzene rings is 1. The van der Waals surface area contributed by atoms with Crippen LogP contribution in [-0.2, 0) is 0 Å². The summed E-state index contributed by atoms with van der Waals surface area (Å²) in [6, 6.07) is 5.14. The third-order valence-electron chi connectivity index (χ3n) is 2.36. The lowest BCUT2D eigenvalue weighted by Gasteiger charge is -2.21. The van der Waals surface area contributed by atoms with Gasteiger partial charge in [0.05, 0.1) is 6.54 Å². The van der Waals surface area contributed by atoms with Gasteiger partial charge in [0.25, 0.3) is 6.43 Å². The number of hydrogen-bond acceptors (Lipinski definition) is 3. The second kappa shape index (κ2) is 5.47. The van der Waals surface area contributed by atoms with Crippen molar-refractivity contribution in [3.8, 4) is 0 Å². The van der Waals surface area contributed by atoms with Gasteiger partial charge in [0.2, 0.25) is 0 Å². The van der Waals surface area contributed by atoms with Gasteiger partial charge in [0.15, 0.2) is 5.84 Å². The van der Waals surface area contributed by atoms with Gasteiger partial charge in [-0.3, -0.25) is 0 Å². The van der Waals surface area contributed by atoms with Gasteiger partial charge >= 0.3 is 0 Å². The molecule has 0 aromatic heterocycles. The number of nitrogens with zero attached hydrogens (tertiary/aromatic N) is 2. The van der Waals surface area contributed by atoms with Crippen molar-refractivity contribution in [3.63, 3.8) is 0 Å². The van der Waals surface area contributed by atoms with Crippen LogP contribution in [0.5, 0.6) is 0 Å². The lowest BCUT2D eigenvalue weighted by Crippen LogP contribution is -2.27. The Labute approximate surface area is 98.3 Å². The zero-order valence-corrected chi connectivity index (χ0v) is 9.69. The van der Waals surface area contributed by atoms with Gasteiger partial charge in [-0.1, -0.05) is 16.8 Å². The normalized spacial score (nSPS) is 11.9. The molecule has 0 saturated carbocycles.